The van der Waals surface area contributed by atoms with Gasteiger partial charge in [0.2, 0.25) is 0 Å². The van der Waals surface area contributed by atoms with Crippen molar-refractivity contribution in [2.75, 3.05) is 12.9 Å². The number of methoxy groups -OCH3 is 1. The van der Waals surface area contributed by atoms with Gasteiger partial charge >= 0.3 is 5.97 Å². The number of nitrogens with zero attached hydrogens (tertiary/aromatic N) is 2. The lowest BCUT2D eigenvalue weighted by Gasteiger charge is -2.07. The third kappa shape index (κ3) is 3.79. The number of thioether (sulfide) groups is 1. The lowest BCUT2D eigenvalue weighted by molar-refractivity contribution is -0.133. The summed E-state index contributed by atoms with van der Waals surface area (Å²) in [6.45, 7) is 0.205. The van der Waals surface area contributed by atoms with Gasteiger partial charge in [-0.25, -0.2) is 13.5 Å². The Kier molecular flexibility index (Phi) is 4.92. The van der Waals surface area contributed by atoms with Crippen molar-refractivity contribution in [3.05, 3.63) is 41.6 Å². The number of carboxylic acid groups (broad SMARTS) is 1. The monoisotopic (exact) mass is 314 g/mol. The predicted octanol–water partition coefficient (Wildman–Crippen LogP) is 2.47. The van der Waals surface area contributed by atoms with Crippen LogP contribution < -0.4 is 0 Å². The van der Waals surface area contributed by atoms with E-state index in [-0.39, 0.29) is 18.0 Å². The van der Waals surface area contributed by atoms with Crippen molar-refractivity contribution in [1.82, 2.24) is 9.78 Å². The Morgan fingerprint density at radius 2 is 2.19 bits per heavy atom. The van der Waals surface area contributed by atoms with Crippen LogP contribution in [0.15, 0.2) is 29.3 Å². The zero-order valence-electron chi connectivity index (χ0n) is 11.0. The fourth-order valence-electron chi connectivity index (χ4n) is 1.69. The molecule has 0 bridgehead atoms. The highest BCUT2D eigenvalue weighted by atomic mass is 32.2. The topological polar surface area (TPSA) is 64.3 Å². The van der Waals surface area contributed by atoms with Crippen LogP contribution in [-0.4, -0.2) is 33.7 Å². The zero-order chi connectivity index (χ0) is 15.4. The molecule has 8 heteroatoms. The summed E-state index contributed by atoms with van der Waals surface area (Å²) in [6, 6.07) is 4.72. The summed E-state index contributed by atoms with van der Waals surface area (Å²) in [7, 11) is 1.49. The van der Waals surface area contributed by atoms with E-state index >= 15 is 0 Å². The number of hydrogen-bond donors (Lipinski definition) is 1. The minimum atomic E-state index is -0.999. The van der Waals surface area contributed by atoms with Crippen molar-refractivity contribution in [1.29, 1.82) is 0 Å². The number of benzene rings is 1. The molecule has 0 saturated heterocycles. The lowest BCUT2D eigenvalue weighted by Crippen LogP contribution is -2.04. The lowest BCUT2D eigenvalue weighted by atomic mass is 10.3. The van der Waals surface area contributed by atoms with Crippen LogP contribution in [0.3, 0.4) is 0 Å². The normalized spacial score (nSPS) is 10.8. The van der Waals surface area contributed by atoms with Crippen molar-refractivity contribution < 1.29 is 23.4 Å². The average Bonchev–Trinajstić information content (AvgIpc) is 2.79. The van der Waals surface area contributed by atoms with E-state index in [4.69, 9.17) is 9.84 Å². The molecule has 5 nitrogen and oxygen atoms in total. The minimum Gasteiger partial charge on any atom is -0.481 e. The quantitative estimate of drug-likeness (QED) is 0.830. The summed E-state index contributed by atoms with van der Waals surface area (Å²) in [6.07, 6.45) is 0. The van der Waals surface area contributed by atoms with E-state index in [2.05, 4.69) is 5.10 Å². The Morgan fingerprint density at radius 1 is 1.43 bits per heavy atom. The highest BCUT2D eigenvalue weighted by molar-refractivity contribution is 7.99. The van der Waals surface area contributed by atoms with E-state index < -0.39 is 17.6 Å². The third-order valence-corrected chi connectivity index (χ3v) is 3.48. The van der Waals surface area contributed by atoms with Gasteiger partial charge in [-0.05, 0) is 18.2 Å². The van der Waals surface area contributed by atoms with Crippen LogP contribution in [0.4, 0.5) is 8.78 Å². The molecule has 1 aromatic carbocycles. The van der Waals surface area contributed by atoms with Crippen LogP contribution in [0.1, 0.15) is 5.69 Å². The standard InChI is InChI=1S/C13H12F2N2O3S/c1-20-6-9-5-12(21-7-13(18)19)17(16-9)11-3-2-8(14)4-10(11)15/h2-5H,6-7H2,1H3,(H,18,19). The van der Waals surface area contributed by atoms with E-state index in [1.165, 1.54) is 17.9 Å². The smallest absolute Gasteiger partial charge is 0.313 e. The predicted molar refractivity (Wildman–Crippen MR) is 72.6 cm³/mol. The Labute approximate surface area is 123 Å². The first-order valence-electron chi connectivity index (χ1n) is 5.89. The van der Waals surface area contributed by atoms with Crippen molar-refractivity contribution in [3.8, 4) is 5.69 Å². The molecule has 0 atom stereocenters. The number of carboxylic acids is 1. The van der Waals surface area contributed by atoms with Crippen LogP contribution in [0, 0.1) is 11.6 Å². The summed E-state index contributed by atoms with van der Waals surface area (Å²) >= 11 is 0.995. The fraction of sp³-hybridized carbons (Fsp3) is 0.231. The van der Waals surface area contributed by atoms with E-state index in [0.29, 0.717) is 10.7 Å². The van der Waals surface area contributed by atoms with Crippen molar-refractivity contribution in [2.24, 2.45) is 0 Å². The molecule has 0 fully saturated rings. The second-order valence-corrected chi connectivity index (χ2v) is 5.09. The van der Waals surface area contributed by atoms with Gasteiger partial charge in [0.15, 0.2) is 5.82 Å². The largest absolute Gasteiger partial charge is 0.481 e. The first kappa shape index (κ1) is 15.5. The van der Waals surface area contributed by atoms with Crippen LogP contribution in [0.5, 0.6) is 0 Å². The molecule has 0 amide bonds. The highest BCUT2D eigenvalue weighted by Gasteiger charge is 2.15. The Balaban J connectivity index is 2.41. The highest BCUT2D eigenvalue weighted by Crippen LogP contribution is 2.25. The molecule has 0 unspecified atom stereocenters. The molecule has 1 N–H and O–H groups in total. The number of aliphatic carboxylic acids is 1. The Morgan fingerprint density at radius 3 is 2.81 bits per heavy atom. The number of halogens is 2. The summed E-state index contributed by atoms with van der Waals surface area (Å²) in [5.41, 5.74) is 0.570. The SMILES string of the molecule is COCc1cc(SCC(=O)O)n(-c2ccc(F)cc2F)n1. The number of ether oxygens (including phenoxy) is 1. The molecule has 21 heavy (non-hydrogen) atoms. The molecule has 1 heterocycles. The van der Waals surface area contributed by atoms with E-state index in [1.54, 1.807) is 6.07 Å². The maximum Gasteiger partial charge on any atom is 0.313 e. The van der Waals surface area contributed by atoms with Gasteiger partial charge in [0.25, 0.3) is 0 Å². The van der Waals surface area contributed by atoms with Gasteiger partial charge in [-0.2, -0.15) is 5.10 Å². The van der Waals surface area contributed by atoms with Crippen LogP contribution in [-0.2, 0) is 16.1 Å². The molecule has 0 saturated carbocycles. The van der Waals surface area contributed by atoms with Gasteiger partial charge in [0.05, 0.1) is 18.1 Å². The van der Waals surface area contributed by atoms with Crippen LogP contribution in [0.2, 0.25) is 0 Å². The molecule has 0 aliphatic rings. The summed E-state index contributed by atoms with van der Waals surface area (Å²) in [4.78, 5) is 10.7. The molecule has 0 radical (unpaired) electrons. The Hall–Kier alpha value is -1.93. The first-order chi connectivity index (χ1) is 10.0. The van der Waals surface area contributed by atoms with Gasteiger partial charge in [0.1, 0.15) is 16.5 Å². The molecule has 112 valence electrons. The van der Waals surface area contributed by atoms with Crippen LogP contribution in [0.25, 0.3) is 5.69 Å². The molecule has 2 aromatic rings. The van der Waals surface area contributed by atoms with Gasteiger partial charge in [-0.1, -0.05) is 11.8 Å². The molecular weight excluding hydrogens is 302 g/mol. The number of rotatable bonds is 6. The van der Waals surface area contributed by atoms with E-state index in [1.807, 2.05) is 0 Å². The van der Waals surface area contributed by atoms with Crippen molar-refractivity contribution >= 4 is 17.7 Å². The second-order valence-electron chi connectivity index (χ2n) is 4.10. The summed E-state index contributed by atoms with van der Waals surface area (Å²) in [5.74, 6) is -2.67. The first-order valence-corrected chi connectivity index (χ1v) is 6.87. The minimum absolute atomic E-state index is 0.0478. The molecule has 1 aromatic heterocycles. The summed E-state index contributed by atoms with van der Waals surface area (Å²) in [5, 5.41) is 13.3. The molecular formula is C13H12F2N2O3S. The van der Waals surface area contributed by atoms with Gasteiger partial charge in [-0.3, -0.25) is 4.79 Å². The molecule has 0 spiro atoms. The average molecular weight is 314 g/mol. The maximum atomic E-state index is 13.9. The fourth-order valence-corrected chi connectivity index (χ4v) is 2.44. The number of aromatic nitrogens is 2. The van der Waals surface area contributed by atoms with Crippen LogP contribution >= 0.6 is 11.8 Å². The second kappa shape index (κ2) is 6.68. The molecule has 0 aliphatic heterocycles. The van der Waals surface area contributed by atoms with Gasteiger partial charge in [-0.15, -0.1) is 0 Å². The van der Waals surface area contributed by atoms with Gasteiger partial charge < -0.3 is 9.84 Å². The number of hydrogen-bond acceptors (Lipinski definition) is 4. The summed E-state index contributed by atoms with van der Waals surface area (Å²) < 4.78 is 33.0. The van der Waals surface area contributed by atoms with E-state index in [9.17, 15) is 13.6 Å². The molecule has 0 aliphatic carbocycles. The third-order valence-electron chi connectivity index (χ3n) is 2.50. The number of carbonyl (C=O) groups is 1. The van der Waals surface area contributed by atoms with Crippen molar-refractivity contribution in [2.45, 2.75) is 11.6 Å². The Bertz CT molecular complexity index is 661. The molecule has 2 rings (SSSR count). The zero-order valence-corrected chi connectivity index (χ0v) is 11.9. The van der Waals surface area contributed by atoms with Gasteiger partial charge in [0, 0.05) is 13.2 Å². The maximum absolute atomic E-state index is 13.9. The van der Waals surface area contributed by atoms with Crippen molar-refractivity contribution in [3.63, 3.8) is 0 Å². The van der Waals surface area contributed by atoms with E-state index in [0.717, 1.165) is 23.9 Å².